The van der Waals surface area contributed by atoms with E-state index in [1.807, 2.05) is 0 Å². The molecule has 1 aromatic carbocycles. The van der Waals surface area contributed by atoms with Crippen LogP contribution in [0.1, 0.15) is 10.4 Å². The molecule has 0 radical (unpaired) electrons. The summed E-state index contributed by atoms with van der Waals surface area (Å²) in [5.74, 6) is 0. The van der Waals surface area contributed by atoms with Gasteiger partial charge in [-0.2, -0.15) is 0 Å². The summed E-state index contributed by atoms with van der Waals surface area (Å²) in [6, 6.07) is 6.29. The molecule has 0 saturated heterocycles. The van der Waals surface area contributed by atoms with E-state index in [1.54, 1.807) is 24.3 Å². The summed E-state index contributed by atoms with van der Waals surface area (Å²) in [5, 5.41) is 8.24. The summed E-state index contributed by atoms with van der Waals surface area (Å²) in [4.78, 5) is 13.0. The maximum absolute atomic E-state index is 10.1. The minimum Gasteiger partial charge on any atom is -1.00 e. The van der Waals surface area contributed by atoms with E-state index in [9.17, 15) is 25.8 Å². The first-order valence-electron chi connectivity index (χ1n) is 3.61. The van der Waals surface area contributed by atoms with E-state index in [-0.39, 0.29) is 4.70 Å². The van der Waals surface area contributed by atoms with Crippen molar-refractivity contribution in [1.29, 1.82) is 5.39 Å². The van der Waals surface area contributed by atoms with Crippen LogP contribution in [0.2, 0.25) is 0 Å². The smallest absolute Gasteiger partial charge is 0.385 e. The number of halogens is 6. The molecule has 0 aromatic heterocycles. The van der Waals surface area contributed by atoms with Gasteiger partial charge in [0.1, 0.15) is 6.29 Å². The Labute approximate surface area is 91.8 Å². The molecule has 1 rings (SSSR count). The van der Waals surface area contributed by atoms with Crippen molar-refractivity contribution in [3.8, 4) is 0 Å². The second-order valence-corrected chi connectivity index (χ2v) is 3.73. The summed E-state index contributed by atoms with van der Waals surface area (Å²) in [5.41, 5.74) is 1.03. The van der Waals surface area contributed by atoms with Crippen molar-refractivity contribution in [1.82, 2.24) is 0 Å². The molecule has 17 heavy (non-hydrogen) atoms. The third kappa shape index (κ3) is 14.3. The number of benzene rings is 1. The topological polar surface area (TPSA) is 45.2 Å². The number of rotatable bonds is 1. The minimum atomic E-state index is -8.55. The number of diazo groups is 1. The Morgan fingerprint density at radius 2 is 1.41 bits per heavy atom. The van der Waals surface area contributed by atoms with Crippen LogP contribution in [0.3, 0.4) is 0 Å². The molecule has 0 aliphatic carbocycles. The van der Waals surface area contributed by atoms with Crippen molar-refractivity contribution >= 4 is 20.1 Å². The van der Waals surface area contributed by atoms with Gasteiger partial charge >= 0.3 is 34.8 Å². The molecule has 0 saturated carbocycles. The fraction of sp³-hybridized carbons (Fsp3) is 0. The average Bonchev–Trinajstić information content (AvgIpc) is 2.14. The first-order chi connectivity index (χ1) is 7.10. The molecule has 0 heterocycles. The van der Waals surface area contributed by atoms with E-state index in [2.05, 4.69) is 4.98 Å². The summed E-state index contributed by atoms with van der Waals surface area (Å²) in [6.45, 7) is 0. The minimum absolute atomic E-state index is 0. The first kappa shape index (κ1) is 17.7. The van der Waals surface area contributed by atoms with Crippen LogP contribution in [0.5, 0.6) is 0 Å². The first-order valence-corrected chi connectivity index (χ1v) is 5.30. The quantitative estimate of drug-likeness (QED) is 0.341. The molecule has 0 fully saturated rings. The van der Waals surface area contributed by atoms with Gasteiger partial charge in [-0.25, -0.2) is 0 Å². The predicted octanol–water partition coefficient (Wildman–Crippen LogP) is 1.95. The van der Waals surface area contributed by atoms with Crippen LogP contribution < -0.4 is 4.70 Å². The van der Waals surface area contributed by atoms with Gasteiger partial charge in [0.15, 0.2) is 4.98 Å². The molecule has 96 valence electrons. The van der Waals surface area contributed by atoms with Gasteiger partial charge in [0.05, 0.1) is 0 Å². The monoisotopic (exact) mass is 278 g/mol. The Kier molecular flexibility index (Phi) is 6.41. The number of aldehydes is 1. The molecule has 0 N–H and O–H groups in total. The zero-order valence-corrected chi connectivity index (χ0v) is 8.80. The molecular weight excluding hydrogens is 273 g/mol. The molecule has 0 atom stereocenters. The van der Waals surface area contributed by atoms with E-state index in [4.69, 9.17) is 5.39 Å². The number of hydrogen-bond acceptors (Lipinski definition) is 2. The van der Waals surface area contributed by atoms with Gasteiger partial charge < -0.3 is 4.70 Å². The average molecular weight is 278 g/mol. The second-order valence-electron chi connectivity index (χ2n) is 2.45. The van der Waals surface area contributed by atoms with E-state index in [0.717, 1.165) is 6.29 Å². The van der Waals surface area contributed by atoms with E-state index < -0.39 is 8.16 Å². The molecule has 3 nitrogen and oxygen atoms in total. The molecule has 1 aromatic rings. The van der Waals surface area contributed by atoms with Gasteiger partial charge in [0, 0.05) is 17.7 Å². The fourth-order valence-electron chi connectivity index (χ4n) is 0.620. The predicted molar refractivity (Wildman–Crippen MR) is 49.0 cm³/mol. The summed E-state index contributed by atoms with van der Waals surface area (Å²) >= 11 is 0. The standard InChI is InChI=1S/C7H5N2O.F5P.FH/c8-9-7-3-1-6(5-10)2-4-7;1-6(2,3,4)5;/h1-5H;;1H/q+1;;/p-1. The van der Waals surface area contributed by atoms with Gasteiger partial charge in [-0.1, -0.05) is 0 Å². The van der Waals surface area contributed by atoms with E-state index >= 15 is 0 Å². The van der Waals surface area contributed by atoms with Crippen molar-refractivity contribution in [3.63, 3.8) is 0 Å². The Morgan fingerprint density at radius 3 is 1.65 bits per heavy atom. The maximum Gasteiger partial charge on any atom is 0.385 e. The van der Waals surface area contributed by atoms with E-state index in [0.29, 0.717) is 11.3 Å². The van der Waals surface area contributed by atoms with Crippen LogP contribution in [-0.4, -0.2) is 6.29 Å². The molecule has 0 spiro atoms. The molecule has 0 aliphatic heterocycles. The molecule has 0 bridgehead atoms. The SMILES string of the molecule is FP(F)(F)(F)F.N#[N+]c1ccc(C=O)cc1.[F-]. The zero-order chi connectivity index (χ0) is 12.8. The zero-order valence-electron chi connectivity index (χ0n) is 7.90. The van der Waals surface area contributed by atoms with Crippen molar-refractivity contribution in [3.05, 3.63) is 34.8 Å². The second kappa shape index (κ2) is 6.15. The van der Waals surface area contributed by atoms with Crippen LogP contribution in [0.25, 0.3) is 4.98 Å². The summed E-state index contributed by atoms with van der Waals surface area (Å²) < 4.78 is 49.2. The van der Waals surface area contributed by atoms with Crippen LogP contribution >= 0.6 is 8.16 Å². The fourth-order valence-corrected chi connectivity index (χ4v) is 0.620. The van der Waals surface area contributed by atoms with Gasteiger partial charge in [-0.15, -0.1) is 0 Å². The van der Waals surface area contributed by atoms with Crippen LogP contribution in [-0.2, 0) is 0 Å². The summed E-state index contributed by atoms with van der Waals surface area (Å²) in [6.07, 6.45) is 0.737. The third-order valence-electron chi connectivity index (χ3n) is 1.14. The number of carbonyl (C=O) groups is 1. The van der Waals surface area contributed by atoms with Crippen LogP contribution in [0, 0.1) is 5.39 Å². The van der Waals surface area contributed by atoms with Gasteiger partial charge in [-0.05, 0) is 12.1 Å². The molecule has 0 unspecified atom stereocenters. The number of nitrogens with zero attached hydrogens (tertiary/aromatic N) is 2. The Balaban J connectivity index is 0. The van der Waals surface area contributed by atoms with Gasteiger partial charge in [0.2, 0.25) is 5.39 Å². The molecule has 10 heteroatoms. The number of hydrogen-bond donors (Lipinski definition) is 0. The van der Waals surface area contributed by atoms with Crippen molar-refractivity contribution in [2.45, 2.75) is 0 Å². The molecule has 0 aliphatic rings. The number of carbonyl (C=O) groups excluding carboxylic acids is 1. The maximum atomic E-state index is 10.1. The van der Waals surface area contributed by atoms with Crippen LogP contribution in [0.4, 0.5) is 26.7 Å². The van der Waals surface area contributed by atoms with E-state index in [1.165, 1.54) is 0 Å². The summed E-state index contributed by atoms with van der Waals surface area (Å²) in [7, 11) is -8.55. The van der Waals surface area contributed by atoms with Gasteiger partial charge in [0.25, 0.3) is 0 Å². The Morgan fingerprint density at radius 1 is 1.06 bits per heavy atom. The van der Waals surface area contributed by atoms with Gasteiger partial charge in [-0.3, -0.25) is 4.79 Å². The normalized spacial score (nSPS) is 11.6. The molecule has 0 amide bonds. The largest absolute Gasteiger partial charge is 1.00 e. The van der Waals surface area contributed by atoms with Crippen molar-refractivity contribution in [2.75, 3.05) is 0 Å². The Bertz CT molecular complexity index is 390. The van der Waals surface area contributed by atoms with Crippen molar-refractivity contribution in [2.24, 2.45) is 0 Å². The Hall–Kier alpha value is -1.68. The third-order valence-corrected chi connectivity index (χ3v) is 1.14. The van der Waals surface area contributed by atoms with Crippen LogP contribution in [0.15, 0.2) is 24.3 Å². The van der Waals surface area contributed by atoms with Crippen molar-refractivity contribution < 1.29 is 30.5 Å². The molecular formula is C7H5F6N2OP.